The first-order valence-corrected chi connectivity index (χ1v) is 6.79. The molecule has 0 saturated heterocycles. The van der Waals surface area contributed by atoms with E-state index >= 15 is 0 Å². The molecule has 1 aromatic rings. The van der Waals surface area contributed by atoms with Crippen LogP contribution in [-0.2, 0) is 12.8 Å². The summed E-state index contributed by atoms with van der Waals surface area (Å²) in [4.78, 5) is 5.24. The standard InChI is InChI=1S/C13H18BrN/c1-2-10-6-7-12(15-9-10)8-11-4-3-5-13(11)14/h6-7,9,11,13H,2-5,8H2,1H3. The van der Waals surface area contributed by atoms with Crippen LogP contribution in [0.15, 0.2) is 18.3 Å². The van der Waals surface area contributed by atoms with Gasteiger partial charge in [-0.05, 0) is 43.2 Å². The third-order valence-corrected chi connectivity index (χ3v) is 4.54. The fraction of sp³-hybridized carbons (Fsp3) is 0.615. The predicted octanol–water partition coefficient (Wildman–Crippen LogP) is 3.75. The zero-order valence-corrected chi connectivity index (χ0v) is 10.8. The molecule has 15 heavy (non-hydrogen) atoms. The van der Waals surface area contributed by atoms with Crippen LogP contribution in [0.3, 0.4) is 0 Å². The van der Waals surface area contributed by atoms with Gasteiger partial charge in [0.1, 0.15) is 0 Å². The zero-order valence-electron chi connectivity index (χ0n) is 9.25. The third kappa shape index (κ3) is 2.81. The van der Waals surface area contributed by atoms with Crippen molar-refractivity contribution in [2.45, 2.75) is 43.9 Å². The predicted molar refractivity (Wildman–Crippen MR) is 67.4 cm³/mol. The van der Waals surface area contributed by atoms with Crippen molar-refractivity contribution in [2.24, 2.45) is 5.92 Å². The summed E-state index contributed by atoms with van der Waals surface area (Å²) in [7, 11) is 0. The lowest BCUT2D eigenvalue weighted by Crippen LogP contribution is -2.10. The Hall–Kier alpha value is -0.370. The molecule has 0 amide bonds. The number of pyridine rings is 1. The second-order valence-corrected chi connectivity index (χ2v) is 5.60. The number of nitrogens with zero attached hydrogens (tertiary/aromatic N) is 1. The monoisotopic (exact) mass is 267 g/mol. The molecular formula is C13H18BrN. The van der Waals surface area contributed by atoms with Crippen LogP contribution in [0, 0.1) is 5.92 Å². The van der Waals surface area contributed by atoms with Crippen molar-refractivity contribution in [3.63, 3.8) is 0 Å². The summed E-state index contributed by atoms with van der Waals surface area (Å²) in [5.41, 5.74) is 2.59. The highest BCUT2D eigenvalue weighted by Crippen LogP contribution is 2.33. The molecule has 2 heteroatoms. The van der Waals surface area contributed by atoms with Crippen molar-refractivity contribution in [3.8, 4) is 0 Å². The molecule has 2 atom stereocenters. The molecule has 1 aliphatic carbocycles. The lowest BCUT2D eigenvalue weighted by molar-refractivity contribution is 0.554. The Morgan fingerprint density at radius 3 is 2.80 bits per heavy atom. The summed E-state index contributed by atoms with van der Waals surface area (Å²) in [6.45, 7) is 2.17. The van der Waals surface area contributed by atoms with Gasteiger partial charge in [-0.25, -0.2) is 0 Å². The van der Waals surface area contributed by atoms with Gasteiger partial charge >= 0.3 is 0 Å². The first-order valence-electron chi connectivity index (χ1n) is 5.87. The second kappa shape index (κ2) is 5.11. The van der Waals surface area contributed by atoms with E-state index in [9.17, 15) is 0 Å². The average molecular weight is 268 g/mol. The van der Waals surface area contributed by atoms with Gasteiger partial charge in [-0.15, -0.1) is 0 Å². The molecule has 0 aliphatic heterocycles. The SMILES string of the molecule is CCc1ccc(CC2CCCC2Br)nc1. The highest BCUT2D eigenvalue weighted by molar-refractivity contribution is 9.09. The van der Waals surface area contributed by atoms with Crippen LogP contribution in [0.25, 0.3) is 0 Å². The largest absolute Gasteiger partial charge is 0.261 e. The minimum Gasteiger partial charge on any atom is -0.261 e. The Morgan fingerprint density at radius 1 is 1.40 bits per heavy atom. The third-order valence-electron chi connectivity index (χ3n) is 3.33. The Labute approximate surface area is 100 Å². The normalized spacial score (nSPS) is 25.7. The number of alkyl halides is 1. The summed E-state index contributed by atoms with van der Waals surface area (Å²) in [5, 5.41) is 0. The Balaban J connectivity index is 1.98. The van der Waals surface area contributed by atoms with E-state index in [4.69, 9.17) is 0 Å². The maximum absolute atomic E-state index is 4.53. The second-order valence-electron chi connectivity index (χ2n) is 4.42. The van der Waals surface area contributed by atoms with Crippen LogP contribution >= 0.6 is 15.9 Å². The van der Waals surface area contributed by atoms with Crippen LogP contribution < -0.4 is 0 Å². The van der Waals surface area contributed by atoms with E-state index in [1.54, 1.807) is 0 Å². The van der Waals surface area contributed by atoms with Crippen molar-refractivity contribution < 1.29 is 0 Å². The zero-order chi connectivity index (χ0) is 10.7. The topological polar surface area (TPSA) is 12.9 Å². The van der Waals surface area contributed by atoms with E-state index in [0.717, 1.165) is 18.8 Å². The minimum absolute atomic E-state index is 0.713. The molecule has 0 aromatic carbocycles. The Morgan fingerprint density at radius 2 is 2.27 bits per heavy atom. The van der Waals surface area contributed by atoms with E-state index < -0.39 is 0 Å². The highest BCUT2D eigenvalue weighted by atomic mass is 79.9. The van der Waals surface area contributed by atoms with E-state index in [-0.39, 0.29) is 0 Å². The number of halogens is 1. The molecular weight excluding hydrogens is 250 g/mol. The lowest BCUT2D eigenvalue weighted by atomic mass is 10.0. The number of rotatable bonds is 3. The van der Waals surface area contributed by atoms with E-state index in [0.29, 0.717) is 4.83 Å². The summed E-state index contributed by atoms with van der Waals surface area (Å²) < 4.78 is 0. The van der Waals surface area contributed by atoms with Crippen LogP contribution in [0.2, 0.25) is 0 Å². The lowest BCUT2D eigenvalue weighted by Gasteiger charge is -2.13. The quantitative estimate of drug-likeness (QED) is 0.761. The molecule has 1 aromatic heterocycles. The molecule has 0 spiro atoms. The van der Waals surface area contributed by atoms with Crippen LogP contribution in [0.1, 0.15) is 37.4 Å². The van der Waals surface area contributed by atoms with Crippen LogP contribution in [0.4, 0.5) is 0 Å². The average Bonchev–Trinajstić information content (AvgIpc) is 2.66. The number of aromatic nitrogens is 1. The Kier molecular flexibility index (Phi) is 3.79. The molecule has 1 aliphatic rings. The first kappa shape index (κ1) is 11.1. The van der Waals surface area contributed by atoms with Gasteiger partial charge in [0, 0.05) is 16.7 Å². The number of hydrogen-bond donors (Lipinski definition) is 0. The summed E-state index contributed by atoms with van der Waals surface area (Å²) in [5.74, 6) is 0.796. The first-order chi connectivity index (χ1) is 7.29. The minimum atomic E-state index is 0.713. The van der Waals surface area contributed by atoms with Gasteiger partial charge in [-0.2, -0.15) is 0 Å². The fourth-order valence-electron chi connectivity index (χ4n) is 2.28. The molecule has 2 rings (SSSR count). The molecule has 1 saturated carbocycles. The molecule has 0 radical (unpaired) electrons. The summed E-state index contributed by atoms with van der Waals surface area (Å²) in [6.07, 6.45) is 8.30. The van der Waals surface area contributed by atoms with Crippen molar-refractivity contribution >= 4 is 15.9 Å². The molecule has 82 valence electrons. The van der Waals surface area contributed by atoms with Gasteiger partial charge in [0.05, 0.1) is 0 Å². The van der Waals surface area contributed by atoms with Crippen molar-refractivity contribution in [3.05, 3.63) is 29.6 Å². The van der Waals surface area contributed by atoms with E-state index in [1.807, 2.05) is 6.20 Å². The van der Waals surface area contributed by atoms with Gasteiger partial charge < -0.3 is 0 Å². The van der Waals surface area contributed by atoms with Gasteiger partial charge in [0.2, 0.25) is 0 Å². The molecule has 2 unspecified atom stereocenters. The van der Waals surface area contributed by atoms with Crippen molar-refractivity contribution in [2.75, 3.05) is 0 Å². The summed E-state index contributed by atoms with van der Waals surface area (Å²) >= 11 is 3.76. The van der Waals surface area contributed by atoms with E-state index in [2.05, 4.69) is 40.0 Å². The maximum atomic E-state index is 4.53. The summed E-state index contributed by atoms with van der Waals surface area (Å²) in [6, 6.07) is 4.40. The van der Waals surface area contributed by atoms with Crippen molar-refractivity contribution in [1.82, 2.24) is 4.98 Å². The van der Waals surface area contributed by atoms with E-state index in [1.165, 1.54) is 30.5 Å². The van der Waals surface area contributed by atoms with Gasteiger partial charge in [0.25, 0.3) is 0 Å². The number of aryl methyl sites for hydroxylation is 1. The van der Waals surface area contributed by atoms with Gasteiger partial charge in [0.15, 0.2) is 0 Å². The Bertz CT molecular complexity index is 307. The smallest absolute Gasteiger partial charge is 0.0406 e. The van der Waals surface area contributed by atoms with Crippen LogP contribution in [0.5, 0.6) is 0 Å². The maximum Gasteiger partial charge on any atom is 0.0406 e. The molecule has 1 heterocycles. The molecule has 1 fully saturated rings. The van der Waals surface area contributed by atoms with Gasteiger partial charge in [-0.3, -0.25) is 4.98 Å². The molecule has 1 nitrogen and oxygen atoms in total. The number of hydrogen-bond acceptors (Lipinski definition) is 1. The highest BCUT2D eigenvalue weighted by Gasteiger charge is 2.25. The molecule has 0 bridgehead atoms. The fourth-order valence-corrected chi connectivity index (χ4v) is 3.05. The molecule has 0 N–H and O–H groups in total. The van der Waals surface area contributed by atoms with Gasteiger partial charge in [-0.1, -0.05) is 35.3 Å². The van der Waals surface area contributed by atoms with Crippen molar-refractivity contribution in [1.29, 1.82) is 0 Å². The van der Waals surface area contributed by atoms with Crippen LogP contribution in [-0.4, -0.2) is 9.81 Å².